The normalized spacial score (nSPS) is 17.7. The van der Waals surface area contributed by atoms with E-state index in [0.717, 1.165) is 4.68 Å². The monoisotopic (exact) mass is 497 g/mol. The Kier molecular flexibility index (Phi) is 7.02. The average Bonchev–Trinajstić information content (AvgIpc) is 3.22. The highest BCUT2D eigenvalue weighted by molar-refractivity contribution is 7.91. The first-order valence-electron chi connectivity index (χ1n) is 11.5. The third-order valence-electron chi connectivity index (χ3n) is 6.28. The lowest BCUT2D eigenvalue weighted by atomic mass is 10.1. The van der Waals surface area contributed by atoms with Gasteiger partial charge in [-0.1, -0.05) is 43.3 Å². The zero-order valence-corrected chi connectivity index (χ0v) is 20.4. The summed E-state index contributed by atoms with van der Waals surface area (Å²) in [7, 11) is -3.19. The molecule has 2 heterocycles. The number of fused-ring (bicyclic) bond motifs is 1. The quantitative estimate of drug-likeness (QED) is 0.460. The summed E-state index contributed by atoms with van der Waals surface area (Å²) >= 11 is 0. The van der Waals surface area contributed by atoms with Crippen molar-refractivity contribution in [2.75, 3.05) is 18.1 Å². The van der Waals surface area contributed by atoms with Crippen LogP contribution in [0.1, 0.15) is 37.2 Å². The van der Waals surface area contributed by atoms with Gasteiger partial charge < -0.3 is 9.64 Å². The van der Waals surface area contributed by atoms with Gasteiger partial charge in [-0.15, -0.1) is 0 Å². The van der Waals surface area contributed by atoms with Crippen LogP contribution in [0.5, 0.6) is 0 Å². The maximum Gasteiger partial charge on any atom is 0.359 e. The molecule has 0 spiro atoms. The molecule has 0 bridgehead atoms. The van der Waals surface area contributed by atoms with Gasteiger partial charge in [-0.25, -0.2) is 13.2 Å². The molecule has 1 saturated heterocycles. The summed E-state index contributed by atoms with van der Waals surface area (Å²) in [6.07, 6.45) is 0.991. The zero-order valence-electron chi connectivity index (χ0n) is 19.6. The third kappa shape index (κ3) is 5.12. The molecule has 1 aliphatic rings. The summed E-state index contributed by atoms with van der Waals surface area (Å²) in [6, 6.07) is 14.6. The van der Waals surface area contributed by atoms with E-state index in [-0.39, 0.29) is 28.8 Å². The van der Waals surface area contributed by atoms with E-state index in [2.05, 4.69) is 5.10 Å². The molecule has 4 rings (SSSR count). The van der Waals surface area contributed by atoms with Crippen molar-refractivity contribution in [3.8, 4) is 5.69 Å². The molecule has 35 heavy (non-hydrogen) atoms. The van der Waals surface area contributed by atoms with Gasteiger partial charge in [0.05, 0.1) is 22.6 Å². The molecule has 1 amide bonds. The van der Waals surface area contributed by atoms with Crippen molar-refractivity contribution < 1.29 is 22.7 Å². The third-order valence-corrected chi connectivity index (χ3v) is 8.03. The van der Waals surface area contributed by atoms with Crippen LogP contribution in [0, 0.1) is 0 Å². The van der Waals surface area contributed by atoms with Gasteiger partial charge in [-0.3, -0.25) is 9.59 Å². The minimum atomic E-state index is -3.19. The molecule has 3 aromatic rings. The number of para-hydroxylation sites is 1. The molecule has 184 valence electrons. The fraction of sp³-hybridized carbons (Fsp3) is 0.360. The number of carbonyl (C=O) groups excluding carboxylic acids is 2. The van der Waals surface area contributed by atoms with Gasteiger partial charge in [0.15, 0.2) is 22.1 Å². The number of sulfone groups is 1. The molecular formula is C25H27N3O6S. The first-order chi connectivity index (χ1) is 16.7. The van der Waals surface area contributed by atoms with E-state index >= 15 is 0 Å². The van der Waals surface area contributed by atoms with Crippen LogP contribution in [0.4, 0.5) is 0 Å². The molecule has 0 radical (unpaired) electrons. The molecular weight excluding hydrogens is 470 g/mol. The summed E-state index contributed by atoms with van der Waals surface area (Å²) < 4.78 is 30.4. The number of carbonyl (C=O) groups is 2. The largest absolute Gasteiger partial charge is 0.451 e. The van der Waals surface area contributed by atoms with E-state index in [1.54, 1.807) is 54.6 Å². The van der Waals surface area contributed by atoms with Gasteiger partial charge in [0.1, 0.15) is 0 Å². The summed E-state index contributed by atoms with van der Waals surface area (Å²) in [5, 5.41) is 4.88. The van der Waals surface area contributed by atoms with Gasteiger partial charge in [-0.05, 0) is 38.0 Å². The van der Waals surface area contributed by atoms with E-state index in [0.29, 0.717) is 29.3 Å². The number of esters is 1. The number of ether oxygens (including phenoxy) is 1. The number of rotatable bonds is 7. The lowest BCUT2D eigenvalue weighted by Gasteiger charge is -2.33. The summed E-state index contributed by atoms with van der Waals surface area (Å²) in [4.78, 5) is 40.7. The Bertz CT molecular complexity index is 1420. The molecule has 2 unspecified atom stereocenters. The van der Waals surface area contributed by atoms with E-state index in [9.17, 15) is 22.8 Å². The number of hydrogen-bond acceptors (Lipinski definition) is 7. The van der Waals surface area contributed by atoms with Gasteiger partial charge in [-0.2, -0.15) is 9.78 Å². The van der Waals surface area contributed by atoms with Crippen LogP contribution < -0.4 is 5.56 Å². The van der Waals surface area contributed by atoms with Gasteiger partial charge in [0.2, 0.25) is 0 Å². The fourth-order valence-electron chi connectivity index (χ4n) is 4.36. The van der Waals surface area contributed by atoms with Crippen molar-refractivity contribution in [3.05, 3.63) is 70.6 Å². The average molecular weight is 498 g/mol. The van der Waals surface area contributed by atoms with Crippen molar-refractivity contribution in [2.45, 2.75) is 38.8 Å². The molecule has 2 atom stereocenters. The first kappa shape index (κ1) is 24.6. The lowest BCUT2D eigenvalue weighted by molar-refractivity contribution is -0.138. The molecule has 1 aromatic heterocycles. The van der Waals surface area contributed by atoms with Crippen molar-refractivity contribution in [2.24, 2.45) is 0 Å². The number of aromatic nitrogens is 2. The highest BCUT2D eigenvalue weighted by Gasteiger charge is 2.37. The van der Waals surface area contributed by atoms with E-state index in [1.807, 2.05) is 13.8 Å². The van der Waals surface area contributed by atoms with Crippen molar-refractivity contribution in [1.82, 2.24) is 14.7 Å². The molecule has 9 nitrogen and oxygen atoms in total. The van der Waals surface area contributed by atoms with Gasteiger partial charge >= 0.3 is 5.97 Å². The SMILES string of the molecule is CCC(C)N(C(=O)COC(=O)c1nn(-c2ccccc2)c(=O)c2ccccc12)C1CCS(=O)(=O)C1. The van der Waals surface area contributed by atoms with Crippen molar-refractivity contribution in [3.63, 3.8) is 0 Å². The van der Waals surface area contributed by atoms with Crippen LogP contribution in [0.3, 0.4) is 0 Å². The Morgan fingerprint density at radius 2 is 1.77 bits per heavy atom. The van der Waals surface area contributed by atoms with Crippen LogP contribution in [0.15, 0.2) is 59.4 Å². The Morgan fingerprint density at radius 3 is 2.40 bits per heavy atom. The summed E-state index contributed by atoms with van der Waals surface area (Å²) in [5.41, 5.74) is 0.0129. The highest BCUT2D eigenvalue weighted by atomic mass is 32.2. The number of nitrogens with zero attached hydrogens (tertiary/aromatic N) is 3. The van der Waals surface area contributed by atoms with E-state index in [4.69, 9.17) is 4.74 Å². The molecule has 2 aromatic carbocycles. The van der Waals surface area contributed by atoms with Crippen LogP contribution in [-0.4, -0.2) is 65.2 Å². The standard InChI is InChI=1S/C25H27N3O6S/c1-3-17(2)27(19-13-14-35(32,33)16-19)22(29)15-34-25(31)23-20-11-7-8-12-21(20)24(30)28(26-23)18-9-5-4-6-10-18/h4-12,17,19H,3,13-16H2,1-2H3. The minimum Gasteiger partial charge on any atom is -0.451 e. The lowest BCUT2D eigenvalue weighted by Crippen LogP contribution is -2.48. The summed E-state index contributed by atoms with van der Waals surface area (Å²) in [5.74, 6) is -1.36. The van der Waals surface area contributed by atoms with Crippen LogP contribution >= 0.6 is 0 Å². The fourth-order valence-corrected chi connectivity index (χ4v) is 6.07. The predicted octanol–water partition coefficient (Wildman–Crippen LogP) is 2.36. The molecule has 0 aliphatic carbocycles. The maximum absolute atomic E-state index is 13.1. The van der Waals surface area contributed by atoms with Crippen molar-refractivity contribution in [1.29, 1.82) is 0 Å². The topological polar surface area (TPSA) is 116 Å². The Balaban J connectivity index is 1.62. The smallest absolute Gasteiger partial charge is 0.359 e. The van der Waals surface area contributed by atoms with E-state index in [1.165, 1.54) is 4.90 Å². The molecule has 1 fully saturated rings. The van der Waals surface area contributed by atoms with Gasteiger partial charge in [0, 0.05) is 17.5 Å². The number of hydrogen-bond donors (Lipinski definition) is 0. The molecule has 0 saturated carbocycles. The Labute approximate surface area is 203 Å². The Morgan fingerprint density at radius 1 is 1.11 bits per heavy atom. The number of amides is 1. The minimum absolute atomic E-state index is 0.0363. The van der Waals surface area contributed by atoms with E-state index < -0.39 is 34.4 Å². The second kappa shape index (κ2) is 9.99. The maximum atomic E-state index is 13.1. The molecule has 0 N–H and O–H groups in total. The predicted molar refractivity (Wildman–Crippen MR) is 131 cm³/mol. The first-order valence-corrected chi connectivity index (χ1v) is 13.3. The number of benzene rings is 2. The van der Waals surface area contributed by atoms with Crippen LogP contribution in [0.2, 0.25) is 0 Å². The van der Waals surface area contributed by atoms with Crippen LogP contribution in [-0.2, 0) is 19.4 Å². The van der Waals surface area contributed by atoms with Gasteiger partial charge in [0.25, 0.3) is 11.5 Å². The summed E-state index contributed by atoms with van der Waals surface area (Å²) in [6.45, 7) is 3.19. The second-order valence-corrected chi connectivity index (χ2v) is 10.9. The zero-order chi connectivity index (χ0) is 25.2. The highest BCUT2D eigenvalue weighted by Crippen LogP contribution is 2.22. The molecule has 10 heteroatoms. The van der Waals surface area contributed by atoms with Crippen molar-refractivity contribution >= 4 is 32.5 Å². The molecule has 1 aliphatic heterocycles. The Hall–Kier alpha value is -3.53. The second-order valence-electron chi connectivity index (χ2n) is 8.64. The van der Waals surface area contributed by atoms with Crippen LogP contribution in [0.25, 0.3) is 16.5 Å².